The first-order valence-electron chi connectivity index (χ1n) is 10.6. The van der Waals surface area contributed by atoms with Crippen LogP contribution in [0.5, 0.6) is 0 Å². The van der Waals surface area contributed by atoms with Crippen LogP contribution in [0.2, 0.25) is 10.0 Å². The van der Waals surface area contributed by atoms with Crippen LogP contribution in [0.25, 0.3) is 22.1 Å². The number of rotatable bonds is 5. The molecule has 4 rings (SSSR count). The number of nitrogens with one attached hydrogen (secondary N) is 1. The number of hydrogen-bond donors (Lipinski definition) is 2. The van der Waals surface area contributed by atoms with Crippen molar-refractivity contribution in [2.24, 2.45) is 0 Å². The van der Waals surface area contributed by atoms with Gasteiger partial charge in [0.1, 0.15) is 5.58 Å². The van der Waals surface area contributed by atoms with Gasteiger partial charge in [-0.15, -0.1) is 0 Å². The number of anilines is 1. The molecular formula is C26H16Cl2F3NO5. The van der Waals surface area contributed by atoms with Gasteiger partial charge in [-0.3, -0.25) is 4.79 Å². The molecule has 1 amide bonds. The molecule has 0 aliphatic heterocycles. The maximum Gasteiger partial charge on any atom is 0.419 e. The number of aryl methyl sites for hydroxylation is 1. The van der Waals surface area contributed by atoms with Gasteiger partial charge in [-0.05, 0) is 48.4 Å². The summed E-state index contributed by atoms with van der Waals surface area (Å²) in [7, 11) is 0. The third-order valence-corrected chi connectivity index (χ3v) is 6.31. The van der Waals surface area contributed by atoms with Crippen molar-refractivity contribution in [1.82, 2.24) is 0 Å². The zero-order chi connectivity index (χ0) is 27.1. The van der Waals surface area contributed by atoms with Crippen molar-refractivity contribution >= 4 is 51.7 Å². The lowest BCUT2D eigenvalue weighted by molar-refractivity contribution is -0.136. The van der Waals surface area contributed by atoms with Crippen molar-refractivity contribution in [3.63, 3.8) is 0 Å². The Morgan fingerprint density at radius 1 is 1.03 bits per heavy atom. The lowest BCUT2D eigenvalue weighted by Gasteiger charge is -2.16. The maximum atomic E-state index is 13.5. The van der Waals surface area contributed by atoms with E-state index in [0.717, 1.165) is 12.1 Å². The quantitative estimate of drug-likeness (QED) is 0.262. The zero-order valence-electron chi connectivity index (χ0n) is 18.9. The van der Waals surface area contributed by atoms with E-state index in [0.29, 0.717) is 21.5 Å². The van der Waals surface area contributed by atoms with Gasteiger partial charge in [0.15, 0.2) is 0 Å². The van der Waals surface area contributed by atoms with Gasteiger partial charge in [0.05, 0.1) is 33.8 Å². The molecular weight excluding hydrogens is 534 g/mol. The highest BCUT2D eigenvalue weighted by Crippen LogP contribution is 2.40. The Labute approximate surface area is 217 Å². The third kappa shape index (κ3) is 5.33. The lowest BCUT2D eigenvalue weighted by Crippen LogP contribution is -2.22. The molecule has 37 heavy (non-hydrogen) atoms. The van der Waals surface area contributed by atoms with Crippen LogP contribution in [0.4, 0.5) is 18.9 Å². The number of carboxylic acid groups (broad SMARTS) is 1. The normalized spacial score (nSPS) is 11.5. The van der Waals surface area contributed by atoms with Gasteiger partial charge < -0.3 is 14.8 Å². The molecule has 1 aromatic heterocycles. The molecule has 0 saturated carbocycles. The van der Waals surface area contributed by atoms with Gasteiger partial charge in [0.25, 0.3) is 0 Å². The number of fused-ring (bicyclic) bond motifs is 1. The van der Waals surface area contributed by atoms with Crippen LogP contribution in [0.1, 0.15) is 27.0 Å². The minimum atomic E-state index is -4.85. The summed E-state index contributed by atoms with van der Waals surface area (Å²) >= 11 is 11.9. The first-order chi connectivity index (χ1) is 17.4. The number of carbonyl (C=O) groups is 2. The number of carbonyl (C=O) groups excluding carboxylic acids is 1. The van der Waals surface area contributed by atoms with E-state index in [1.54, 1.807) is 19.1 Å². The van der Waals surface area contributed by atoms with Crippen LogP contribution in [0.3, 0.4) is 0 Å². The summed E-state index contributed by atoms with van der Waals surface area (Å²) < 4.78 is 46.0. The molecule has 190 valence electrons. The average molecular weight is 550 g/mol. The third-order valence-electron chi connectivity index (χ3n) is 5.59. The van der Waals surface area contributed by atoms with Gasteiger partial charge in [-0.2, -0.15) is 13.2 Å². The standard InChI is InChI=1S/C26H16Cl2F3NO5/c1-12-8-15-20(11-18(12)28)37-25(36)16(22(15)13-4-2-5-14(9-13)24(34)35)10-21(33)32-19-7-3-6-17(27)23(19)26(29,30)31/h2-9,11H,10H2,1H3,(H,32,33)(H,34,35). The fourth-order valence-corrected chi connectivity index (χ4v) is 4.37. The zero-order valence-corrected chi connectivity index (χ0v) is 20.4. The molecule has 0 saturated heterocycles. The van der Waals surface area contributed by atoms with E-state index in [1.165, 1.54) is 30.3 Å². The first kappa shape index (κ1) is 26.2. The van der Waals surface area contributed by atoms with Crippen molar-refractivity contribution in [3.8, 4) is 11.1 Å². The van der Waals surface area contributed by atoms with Gasteiger partial charge in [-0.25, -0.2) is 9.59 Å². The van der Waals surface area contributed by atoms with Crippen LogP contribution in [-0.4, -0.2) is 17.0 Å². The topological polar surface area (TPSA) is 96.6 Å². The molecule has 11 heteroatoms. The largest absolute Gasteiger partial charge is 0.478 e. The van der Waals surface area contributed by atoms with E-state index in [4.69, 9.17) is 27.6 Å². The summed E-state index contributed by atoms with van der Waals surface area (Å²) in [5.41, 5.74) is -1.79. The summed E-state index contributed by atoms with van der Waals surface area (Å²) in [4.78, 5) is 37.5. The number of alkyl halides is 3. The van der Waals surface area contributed by atoms with E-state index in [9.17, 15) is 32.7 Å². The molecule has 3 aromatic carbocycles. The highest BCUT2D eigenvalue weighted by molar-refractivity contribution is 6.32. The predicted octanol–water partition coefficient (Wildman–Crippen LogP) is 6.97. The van der Waals surface area contributed by atoms with Gasteiger partial charge in [0.2, 0.25) is 5.91 Å². The highest BCUT2D eigenvalue weighted by atomic mass is 35.5. The molecule has 6 nitrogen and oxygen atoms in total. The predicted molar refractivity (Wildman–Crippen MR) is 133 cm³/mol. The van der Waals surface area contributed by atoms with Gasteiger partial charge >= 0.3 is 17.8 Å². The Kier molecular flexibility index (Phi) is 7.03. The van der Waals surface area contributed by atoms with Gasteiger partial charge in [-0.1, -0.05) is 41.4 Å². The fraction of sp³-hybridized carbons (Fsp3) is 0.115. The molecule has 1 heterocycles. The monoisotopic (exact) mass is 549 g/mol. The molecule has 4 aromatic rings. The van der Waals surface area contributed by atoms with Crippen LogP contribution in [0, 0.1) is 6.92 Å². The highest BCUT2D eigenvalue weighted by Gasteiger charge is 2.36. The van der Waals surface area contributed by atoms with Crippen LogP contribution in [0.15, 0.2) is 63.8 Å². The summed E-state index contributed by atoms with van der Waals surface area (Å²) in [6.45, 7) is 1.70. The van der Waals surface area contributed by atoms with Gasteiger partial charge in [0, 0.05) is 22.0 Å². The number of halogens is 5. The second kappa shape index (κ2) is 9.91. The number of aromatic carboxylic acids is 1. The summed E-state index contributed by atoms with van der Waals surface area (Å²) in [6.07, 6.45) is -5.52. The Hall–Kier alpha value is -3.82. The Bertz CT molecular complexity index is 1630. The number of benzene rings is 3. The first-order valence-corrected chi connectivity index (χ1v) is 11.4. The maximum absolute atomic E-state index is 13.5. The number of amides is 1. The van der Waals surface area contributed by atoms with Crippen LogP contribution < -0.4 is 10.9 Å². The summed E-state index contributed by atoms with van der Waals surface area (Å²) in [5, 5.41) is 11.7. The smallest absolute Gasteiger partial charge is 0.419 e. The second-order valence-corrected chi connectivity index (χ2v) is 8.93. The second-order valence-electron chi connectivity index (χ2n) is 8.11. The molecule has 0 atom stereocenters. The Morgan fingerprint density at radius 2 is 1.73 bits per heavy atom. The molecule has 0 aliphatic rings. The van der Waals surface area contributed by atoms with Crippen LogP contribution >= 0.6 is 23.2 Å². The molecule has 0 bridgehead atoms. The van der Waals surface area contributed by atoms with Crippen molar-refractivity contribution in [1.29, 1.82) is 0 Å². The van der Waals surface area contributed by atoms with Crippen molar-refractivity contribution < 1.29 is 32.3 Å². The molecule has 0 spiro atoms. The van der Waals surface area contributed by atoms with E-state index in [1.807, 2.05) is 0 Å². The summed E-state index contributed by atoms with van der Waals surface area (Å²) in [6, 6.07) is 12.0. The summed E-state index contributed by atoms with van der Waals surface area (Å²) in [5.74, 6) is -2.16. The molecule has 0 unspecified atom stereocenters. The molecule has 0 fully saturated rings. The van der Waals surface area contributed by atoms with Crippen LogP contribution in [-0.2, 0) is 17.4 Å². The van der Waals surface area contributed by atoms with E-state index < -0.39 is 46.4 Å². The lowest BCUT2D eigenvalue weighted by atomic mass is 9.93. The van der Waals surface area contributed by atoms with E-state index in [2.05, 4.69) is 5.32 Å². The minimum Gasteiger partial charge on any atom is -0.478 e. The average Bonchev–Trinajstić information content (AvgIpc) is 2.80. The van der Waals surface area contributed by atoms with Crippen molar-refractivity contribution in [3.05, 3.63) is 97.3 Å². The molecule has 2 N–H and O–H groups in total. The SMILES string of the molecule is Cc1cc2c(-c3cccc(C(=O)O)c3)c(CC(=O)Nc3cccc(Cl)c3C(F)(F)F)c(=O)oc2cc1Cl. The van der Waals surface area contributed by atoms with Crippen molar-refractivity contribution in [2.75, 3.05) is 5.32 Å². The number of carboxylic acids is 1. The fourth-order valence-electron chi connectivity index (χ4n) is 3.94. The van der Waals surface area contributed by atoms with E-state index in [-0.39, 0.29) is 22.3 Å². The number of hydrogen-bond acceptors (Lipinski definition) is 4. The van der Waals surface area contributed by atoms with Crippen molar-refractivity contribution in [2.45, 2.75) is 19.5 Å². The Balaban J connectivity index is 1.87. The minimum absolute atomic E-state index is 0.0753. The Morgan fingerprint density at radius 3 is 2.41 bits per heavy atom. The molecule has 0 radical (unpaired) electrons. The molecule has 0 aliphatic carbocycles. The van der Waals surface area contributed by atoms with E-state index >= 15 is 0 Å².